The summed E-state index contributed by atoms with van der Waals surface area (Å²) in [6.07, 6.45) is 0.782. The largest absolute Gasteiger partial charge is 0.486 e. The average molecular weight is 543 g/mol. The summed E-state index contributed by atoms with van der Waals surface area (Å²) in [6, 6.07) is 26.2. The molecule has 4 aromatic rings. The number of hydrogen-bond acceptors (Lipinski definition) is 4. The molecule has 1 N–H and O–H groups in total. The first kappa shape index (κ1) is 26.6. The van der Waals surface area contributed by atoms with Crippen molar-refractivity contribution >= 4 is 29.1 Å². The molecule has 5 rings (SSSR count). The molecule has 3 aromatic carbocycles. The third-order valence-corrected chi connectivity index (χ3v) is 6.95. The van der Waals surface area contributed by atoms with Gasteiger partial charge in [0.2, 0.25) is 5.91 Å². The van der Waals surface area contributed by atoms with Gasteiger partial charge in [-0.25, -0.2) is 0 Å². The predicted molar refractivity (Wildman–Crippen MR) is 152 cm³/mol. The summed E-state index contributed by atoms with van der Waals surface area (Å²) < 4.78 is 11.8. The summed E-state index contributed by atoms with van der Waals surface area (Å²) in [5.74, 6) is 1.12. The smallest absolute Gasteiger partial charge is 0.291 e. The van der Waals surface area contributed by atoms with Crippen LogP contribution in [0.5, 0.6) is 5.75 Å². The normalized spacial score (nSPS) is 15.0. The Balaban J connectivity index is 1.34. The van der Waals surface area contributed by atoms with Crippen LogP contribution in [0.2, 0.25) is 5.02 Å². The maximum atomic E-state index is 13.4. The topological polar surface area (TPSA) is 71.8 Å². The van der Waals surface area contributed by atoms with Gasteiger partial charge in [-0.1, -0.05) is 74.8 Å². The summed E-state index contributed by atoms with van der Waals surface area (Å²) in [5.41, 5.74) is 3.42. The van der Waals surface area contributed by atoms with Crippen LogP contribution in [0.1, 0.15) is 59.8 Å². The van der Waals surface area contributed by atoms with Gasteiger partial charge in [-0.2, -0.15) is 0 Å². The second-order valence-corrected chi connectivity index (χ2v) is 11.1. The number of hydrogen-bond donors (Lipinski definition) is 1. The Hall–Kier alpha value is -4.03. The minimum absolute atomic E-state index is 0.118. The molecule has 0 aliphatic carbocycles. The molecular formula is C32H31ClN2O4. The van der Waals surface area contributed by atoms with Gasteiger partial charge in [-0.05, 0) is 65.6 Å². The molecule has 1 aromatic heterocycles. The van der Waals surface area contributed by atoms with Crippen molar-refractivity contribution in [2.24, 2.45) is 5.41 Å². The van der Waals surface area contributed by atoms with Crippen LogP contribution in [-0.2, 0) is 17.8 Å². The molecule has 0 radical (unpaired) electrons. The highest BCUT2D eigenvalue weighted by atomic mass is 35.5. The van der Waals surface area contributed by atoms with E-state index in [9.17, 15) is 9.59 Å². The minimum atomic E-state index is -0.491. The third-order valence-electron chi connectivity index (χ3n) is 6.71. The summed E-state index contributed by atoms with van der Waals surface area (Å²) >= 11 is 6.00. The first-order chi connectivity index (χ1) is 18.7. The van der Waals surface area contributed by atoms with Crippen molar-refractivity contribution in [2.75, 3.05) is 11.9 Å². The lowest BCUT2D eigenvalue weighted by Gasteiger charge is -2.41. The van der Waals surface area contributed by atoms with Crippen molar-refractivity contribution < 1.29 is 18.7 Å². The molecule has 0 saturated heterocycles. The zero-order valence-corrected chi connectivity index (χ0v) is 23.0. The fourth-order valence-corrected chi connectivity index (χ4v) is 5.01. The Bertz CT molecular complexity index is 1490. The van der Waals surface area contributed by atoms with Gasteiger partial charge in [0.1, 0.15) is 18.1 Å². The standard InChI is InChI=1S/C32H31ClN2O4/c1-32(2,3)31(37)35-17-16-21-12-13-25(19-27(21)29(35)22-8-5-4-6-9-22)38-20-26-14-15-28(39-26)30(36)34-24-11-7-10-23(33)18-24/h4-15,18-19,29H,16-17,20H2,1-3H3,(H,34,36). The van der Waals surface area contributed by atoms with Gasteiger partial charge in [0.05, 0.1) is 6.04 Å². The number of halogens is 1. The van der Waals surface area contributed by atoms with Gasteiger partial charge >= 0.3 is 0 Å². The Morgan fingerprint density at radius 1 is 1.00 bits per heavy atom. The number of fused-ring (bicyclic) bond motifs is 1. The monoisotopic (exact) mass is 542 g/mol. The van der Waals surface area contributed by atoms with Crippen LogP contribution in [0.15, 0.2) is 89.3 Å². The van der Waals surface area contributed by atoms with Crippen LogP contribution in [0.25, 0.3) is 0 Å². The van der Waals surface area contributed by atoms with E-state index < -0.39 is 5.41 Å². The fraction of sp³-hybridized carbons (Fsp3) is 0.250. The van der Waals surface area contributed by atoms with Crippen LogP contribution >= 0.6 is 11.6 Å². The van der Waals surface area contributed by atoms with Crippen LogP contribution in [0.4, 0.5) is 5.69 Å². The molecule has 6 nitrogen and oxygen atoms in total. The van der Waals surface area contributed by atoms with Crippen molar-refractivity contribution in [3.05, 3.63) is 118 Å². The first-order valence-electron chi connectivity index (χ1n) is 13.0. The SMILES string of the molecule is CC(C)(C)C(=O)N1CCc2ccc(OCc3ccc(C(=O)Nc4cccc(Cl)c4)o3)cc2C1c1ccccc1. The van der Waals surface area contributed by atoms with Gasteiger partial charge in [0.25, 0.3) is 5.91 Å². The molecule has 1 aliphatic heterocycles. The molecule has 2 heterocycles. The van der Waals surface area contributed by atoms with Crippen molar-refractivity contribution in [3.8, 4) is 5.75 Å². The zero-order chi connectivity index (χ0) is 27.6. The van der Waals surface area contributed by atoms with E-state index >= 15 is 0 Å². The molecule has 200 valence electrons. The Morgan fingerprint density at radius 3 is 2.54 bits per heavy atom. The number of carbonyl (C=O) groups is 2. The molecule has 0 saturated carbocycles. The molecule has 1 aliphatic rings. The second kappa shape index (κ2) is 11.0. The van der Waals surface area contributed by atoms with E-state index in [1.165, 1.54) is 5.56 Å². The van der Waals surface area contributed by atoms with Crippen molar-refractivity contribution in [3.63, 3.8) is 0 Å². The zero-order valence-electron chi connectivity index (χ0n) is 22.2. The number of nitrogens with one attached hydrogen (secondary N) is 1. The lowest BCUT2D eigenvalue weighted by molar-refractivity contribution is -0.141. The first-order valence-corrected chi connectivity index (χ1v) is 13.3. The van der Waals surface area contributed by atoms with Crippen molar-refractivity contribution in [2.45, 2.75) is 39.8 Å². The number of carbonyl (C=O) groups excluding carboxylic acids is 2. The Kier molecular flexibility index (Phi) is 7.49. The van der Waals surface area contributed by atoms with E-state index in [0.717, 1.165) is 17.5 Å². The lowest BCUT2D eigenvalue weighted by atomic mass is 9.85. The van der Waals surface area contributed by atoms with E-state index in [1.807, 2.05) is 56.0 Å². The van der Waals surface area contributed by atoms with Crippen molar-refractivity contribution in [1.29, 1.82) is 0 Å². The van der Waals surface area contributed by atoms with Crippen LogP contribution in [0, 0.1) is 5.41 Å². The Labute approximate surface area is 233 Å². The summed E-state index contributed by atoms with van der Waals surface area (Å²) in [6.45, 7) is 6.69. The Morgan fingerprint density at radius 2 is 1.79 bits per heavy atom. The minimum Gasteiger partial charge on any atom is -0.486 e. The molecule has 7 heteroatoms. The molecule has 39 heavy (non-hydrogen) atoms. The van der Waals surface area contributed by atoms with Gasteiger partial charge in [0, 0.05) is 22.7 Å². The maximum absolute atomic E-state index is 13.4. The van der Waals surface area contributed by atoms with Gasteiger partial charge in [-0.15, -0.1) is 0 Å². The highest BCUT2D eigenvalue weighted by Gasteiger charge is 2.37. The predicted octanol–water partition coefficient (Wildman–Crippen LogP) is 7.28. The number of ether oxygens (including phenoxy) is 1. The average Bonchev–Trinajstić information content (AvgIpc) is 3.40. The van der Waals surface area contributed by atoms with Gasteiger partial charge < -0.3 is 19.4 Å². The quantitative estimate of drug-likeness (QED) is 0.278. The molecule has 0 spiro atoms. The third kappa shape index (κ3) is 6.02. The van der Waals surface area contributed by atoms with Crippen molar-refractivity contribution in [1.82, 2.24) is 4.90 Å². The fourth-order valence-electron chi connectivity index (χ4n) is 4.82. The van der Waals surface area contributed by atoms with E-state index in [1.54, 1.807) is 36.4 Å². The summed E-state index contributed by atoms with van der Waals surface area (Å²) in [5, 5.41) is 3.31. The number of furan rings is 1. The summed E-state index contributed by atoms with van der Waals surface area (Å²) in [4.78, 5) is 28.0. The number of anilines is 1. The van der Waals surface area contributed by atoms with E-state index in [0.29, 0.717) is 28.8 Å². The number of nitrogens with zero attached hydrogens (tertiary/aromatic N) is 1. The maximum Gasteiger partial charge on any atom is 0.291 e. The van der Waals surface area contributed by atoms with Crippen LogP contribution in [-0.4, -0.2) is 23.3 Å². The van der Waals surface area contributed by atoms with Crippen LogP contribution in [0.3, 0.4) is 0 Å². The second-order valence-electron chi connectivity index (χ2n) is 10.7. The van der Waals surface area contributed by atoms with E-state index in [-0.39, 0.29) is 30.2 Å². The van der Waals surface area contributed by atoms with E-state index in [4.69, 9.17) is 20.8 Å². The summed E-state index contributed by atoms with van der Waals surface area (Å²) in [7, 11) is 0. The molecule has 1 unspecified atom stereocenters. The number of amides is 2. The number of rotatable bonds is 6. The highest BCUT2D eigenvalue weighted by molar-refractivity contribution is 6.30. The molecule has 0 fully saturated rings. The van der Waals surface area contributed by atoms with Crippen LogP contribution < -0.4 is 10.1 Å². The van der Waals surface area contributed by atoms with Gasteiger partial charge in [-0.3, -0.25) is 9.59 Å². The number of benzene rings is 3. The highest BCUT2D eigenvalue weighted by Crippen LogP contribution is 2.39. The molecular weight excluding hydrogens is 512 g/mol. The molecule has 0 bridgehead atoms. The van der Waals surface area contributed by atoms with E-state index in [2.05, 4.69) is 23.5 Å². The van der Waals surface area contributed by atoms with Gasteiger partial charge in [0.15, 0.2) is 5.76 Å². The lowest BCUT2D eigenvalue weighted by Crippen LogP contribution is -2.45. The molecule has 1 atom stereocenters. The molecule has 2 amide bonds.